The number of anilines is 1. The molecule has 134 valence electrons. The third kappa shape index (κ3) is 5.41. The van der Waals surface area contributed by atoms with Crippen LogP contribution in [0, 0.1) is 0 Å². The van der Waals surface area contributed by atoms with Crippen molar-refractivity contribution in [1.82, 2.24) is 10.6 Å². The highest BCUT2D eigenvalue weighted by molar-refractivity contribution is 5.74. The molecule has 0 spiro atoms. The molecule has 0 aliphatic carbocycles. The van der Waals surface area contributed by atoms with E-state index in [-0.39, 0.29) is 12.1 Å². The summed E-state index contributed by atoms with van der Waals surface area (Å²) in [6.45, 7) is 2.54. The second-order valence-corrected chi connectivity index (χ2v) is 6.13. The fraction of sp³-hybridized carbons (Fsp3) is 0.350. The number of carbonyl (C=O) groups is 1. The summed E-state index contributed by atoms with van der Waals surface area (Å²) >= 11 is 0. The van der Waals surface area contributed by atoms with Gasteiger partial charge in [0.05, 0.1) is 13.2 Å². The van der Waals surface area contributed by atoms with E-state index in [0.717, 1.165) is 29.0 Å². The first kappa shape index (κ1) is 18.6. The van der Waals surface area contributed by atoms with Gasteiger partial charge < -0.3 is 20.3 Å². The number of hydrogen-bond donors (Lipinski definition) is 2. The summed E-state index contributed by atoms with van der Waals surface area (Å²) in [6.07, 6.45) is 0.815. The molecule has 2 N–H and O–H groups in total. The first-order chi connectivity index (χ1) is 12.0. The molecule has 5 nitrogen and oxygen atoms in total. The molecule has 0 aliphatic heterocycles. The number of carbonyl (C=O) groups excluding carboxylic acids is 1. The molecule has 0 heterocycles. The minimum absolute atomic E-state index is 0.0287. The van der Waals surface area contributed by atoms with Gasteiger partial charge in [0.2, 0.25) is 0 Å². The van der Waals surface area contributed by atoms with E-state index in [1.54, 1.807) is 7.11 Å². The minimum atomic E-state index is -0.169. The van der Waals surface area contributed by atoms with Crippen LogP contribution in [-0.4, -0.2) is 27.2 Å². The van der Waals surface area contributed by atoms with Crippen molar-refractivity contribution in [2.45, 2.75) is 25.9 Å². The zero-order valence-corrected chi connectivity index (χ0v) is 15.4. The van der Waals surface area contributed by atoms with Crippen LogP contribution in [0.5, 0.6) is 5.75 Å². The number of nitrogens with zero attached hydrogens (tertiary/aromatic N) is 1. The maximum absolute atomic E-state index is 12.2. The molecule has 2 rings (SSSR count). The smallest absolute Gasteiger partial charge is 0.315 e. The highest BCUT2D eigenvalue weighted by Crippen LogP contribution is 2.20. The maximum atomic E-state index is 12.2. The Balaban J connectivity index is 1.92. The summed E-state index contributed by atoms with van der Waals surface area (Å²) in [5.74, 6) is 0.809. The van der Waals surface area contributed by atoms with Crippen LogP contribution >= 0.6 is 0 Å². The number of hydrogen-bond acceptors (Lipinski definition) is 3. The minimum Gasteiger partial charge on any atom is -0.497 e. The maximum Gasteiger partial charge on any atom is 0.315 e. The Morgan fingerprint density at radius 2 is 1.88 bits per heavy atom. The molecule has 0 saturated heterocycles. The molecule has 0 bridgehead atoms. The first-order valence-corrected chi connectivity index (χ1v) is 8.48. The van der Waals surface area contributed by atoms with Crippen molar-refractivity contribution in [1.29, 1.82) is 0 Å². The van der Waals surface area contributed by atoms with Crippen LogP contribution < -0.4 is 20.3 Å². The van der Waals surface area contributed by atoms with E-state index < -0.39 is 0 Å². The van der Waals surface area contributed by atoms with E-state index in [0.29, 0.717) is 6.54 Å². The van der Waals surface area contributed by atoms with Crippen molar-refractivity contribution in [3.63, 3.8) is 0 Å². The number of methoxy groups -OCH3 is 1. The summed E-state index contributed by atoms with van der Waals surface area (Å²) in [7, 11) is 5.64. The van der Waals surface area contributed by atoms with Crippen LogP contribution in [-0.2, 0) is 6.54 Å². The van der Waals surface area contributed by atoms with Crippen LogP contribution in [0.3, 0.4) is 0 Å². The van der Waals surface area contributed by atoms with Gasteiger partial charge in [-0.2, -0.15) is 0 Å². The molecule has 0 aliphatic rings. The standard InChI is InChI=1S/C20H27N3O2/c1-5-19(16-9-11-18(25-4)12-10-16)22-20(24)21-14-15-7-6-8-17(13-15)23(2)3/h6-13,19H,5,14H2,1-4H3,(H2,21,22,24). The van der Waals surface area contributed by atoms with Crippen molar-refractivity contribution in [2.24, 2.45) is 0 Å². The lowest BCUT2D eigenvalue weighted by Gasteiger charge is -2.19. The molecule has 2 aromatic rings. The zero-order valence-electron chi connectivity index (χ0n) is 15.4. The van der Waals surface area contributed by atoms with E-state index in [2.05, 4.69) is 23.6 Å². The van der Waals surface area contributed by atoms with E-state index >= 15 is 0 Å². The fourth-order valence-corrected chi connectivity index (χ4v) is 2.59. The second-order valence-electron chi connectivity index (χ2n) is 6.13. The van der Waals surface area contributed by atoms with Gasteiger partial charge in [0, 0.05) is 26.3 Å². The third-order valence-electron chi connectivity index (χ3n) is 4.11. The second kappa shape index (κ2) is 8.97. The van der Waals surface area contributed by atoms with Crippen molar-refractivity contribution in [2.75, 3.05) is 26.1 Å². The normalized spacial score (nSPS) is 11.5. The molecule has 2 aromatic carbocycles. The quantitative estimate of drug-likeness (QED) is 0.807. The monoisotopic (exact) mass is 341 g/mol. The SMILES string of the molecule is CCC(NC(=O)NCc1cccc(N(C)C)c1)c1ccc(OC)cc1. The largest absolute Gasteiger partial charge is 0.497 e. The zero-order chi connectivity index (χ0) is 18.2. The van der Waals surface area contributed by atoms with Gasteiger partial charge in [-0.15, -0.1) is 0 Å². The highest BCUT2D eigenvalue weighted by atomic mass is 16.5. The molecule has 0 aromatic heterocycles. The first-order valence-electron chi connectivity index (χ1n) is 8.48. The lowest BCUT2D eigenvalue weighted by molar-refractivity contribution is 0.236. The number of rotatable bonds is 7. The lowest BCUT2D eigenvalue weighted by Crippen LogP contribution is -2.37. The van der Waals surface area contributed by atoms with Gasteiger partial charge in [-0.25, -0.2) is 4.79 Å². The van der Waals surface area contributed by atoms with Crippen LogP contribution in [0.4, 0.5) is 10.5 Å². The molecule has 2 amide bonds. The molecule has 0 saturated carbocycles. The van der Waals surface area contributed by atoms with Crippen molar-refractivity contribution >= 4 is 11.7 Å². The van der Waals surface area contributed by atoms with E-state index in [1.807, 2.05) is 61.5 Å². The number of amides is 2. The number of urea groups is 1. The Labute approximate surface area is 150 Å². The third-order valence-corrected chi connectivity index (χ3v) is 4.11. The molecule has 1 atom stereocenters. The Morgan fingerprint density at radius 1 is 1.16 bits per heavy atom. The number of nitrogens with one attached hydrogen (secondary N) is 2. The van der Waals surface area contributed by atoms with E-state index in [1.165, 1.54) is 0 Å². The molecule has 5 heteroatoms. The van der Waals surface area contributed by atoms with Crippen molar-refractivity contribution in [3.05, 3.63) is 59.7 Å². The molecule has 0 radical (unpaired) electrons. The van der Waals surface area contributed by atoms with Crippen molar-refractivity contribution < 1.29 is 9.53 Å². The van der Waals surface area contributed by atoms with E-state index in [9.17, 15) is 4.79 Å². The van der Waals surface area contributed by atoms with Gasteiger partial charge >= 0.3 is 6.03 Å². The Morgan fingerprint density at radius 3 is 2.48 bits per heavy atom. The van der Waals surface area contributed by atoms with Gasteiger partial charge in [-0.1, -0.05) is 31.2 Å². The summed E-state index contributed by atoms with van der Waals surface area (Å²) in [6, 6.07) is 15.7. The lowest BCUT2D eigenvalue weighted by atomic mass is 10.0. The topological polar surface area (TPSA) is 53.6 Å². The van der Waals surface area contributed by atoms with Gasteiger partial charge in [0.1, 0.15) is 5.75 Å². The number of benzene rings is 2. The van der Waals surface area contributed by atoms with Crippen LogP contribution in [0.15, 0.2) is 48.5 Å². The predicted octanol–water partition coefficient (Wildman–Crippen LogP) is 3.71. The summed E-state index contributed by atoms with van der Waals surface area (Å²) < 4.78 is 5.17. The average molecular weight is 341 g/mol. The average Bonchev–Trinajstić information content (AvgIpc) is 2.64. The van der Waals surface area contributed by atoms with Gasteiger partial charge in [0.25, 0.3) is 0 Å². The van der Waals surface area contributed by atoms with Gasteiger partial charge in [0.15, 0.2) is 0 Å². The predicted molar refractivity (Wildman–Crippen MR) is 102 cm³/mol. The molecule has 25 heavy (non-hydrogen) atoms. The summed E-state index contributed by atoms with van der Waals surface area (Å²) in [4.78, 5) is 14.3. The summed E-state index contributed by atoms with van der Waals surface area (Å²) in [5, 5.41) is 5.96. The highest BCUT2D eigenvalue weighted by Gasteiger charge is 2.12. The molecular formula is C20H27N3O2. The summed E-state index contributed by atoms with van der Waals surface area (Å²) in [5.41, 5.74) is 3.25. The van der Waals surface area contributed by atoms with Crippen molar-refractivity contribution in [3.8, 4) is 5.75 Å². The van der Waals surface area contributed by atoms with Gasteiger partial charge in [-0.05, 0) is 41.8 Å². The van der Waals surface area contributed by atoms with Crippen LogP contribution in [0.2, 0.25) is 0 Å². The Kier molecular flexibility index (Phi) is 6.69. The molecular weight excluding hydrogens is 314 g/mol. The van der Waals surface area contributed by atoms with Crippen LogP contribution in [0.25, 0.3) is 0 Å². The number of ether oxygens (including phenoxy) is 1. The fourth-order valence-electron chi connectivity index (χ4n) is 2.59. The molecule has 0 fully saturated rings. The Bertz CT molecular complexity index is 684. The Hall–Kier alpha value is -2.69. The van der Waals surface area contributed by atoms with Gasteiger partial charge in [-0.3, -0.25) is 0 Å². The van der Waals surface area contributed by atoms with Crippen LogP contribution in [0.1, 0.15) is 30.5 Å². The van der Waals surface area contributed by atoms with E-state index in [4.69, 9.17) is 4.74 Å². The molecule has 1 unspecified atom stereocenters.